The SMILES string of the molecule is Cc1ccc(CSc2nc(N)cc(Cl)n2)nc1. The third-order valence-corrected chi connectivity index (χ3v) is 3.09. The Hall–Kier alpha value is -1.33. The maximum absolute atomic E-state index is 5.79. The molecule has 2 aromatic rings. The van der Waals surface area contributed by atoms with Gasteiger partial charge in [-0.15, -0.1) is 0 Å². The lowest BCUT2D eigenvalue weighted by atomic mass is 10.3. The molecule has 0 radical (unpaired) electrons. The maximum atomic E-state index is 5.79. The number of hydrogen-bond donors (Lipinski definition) is 1. The van der Waals surface area contributed by atoms with E-state index in [4.69, 9.17) is 17.3 Å². The van der Waals surface area contributed by atoms with Gasteiger partial charge >= 0.3 is 0 Å². The zero-order valence-electron chi connectivity index (χ0n) is 9.22. The third kappa shape index (κ3) is 3.57. The van der Waals surface area contributed by atoms with E-state index >= 15 is 0 Å². The molecule has 0 bridgehead atoms. The summed E-state index contributed by atoms with van der Waals surface area (Å²) in [7, 11) is 0. The van der Waals surface area contributed by atoms with Crippen molar-refractivity contribution in [2.24, 2.45) is 0 Å². The van der Waals surface area contributed by atoms with Gasteiger partial charge in [-0.05, 0) is 18.6 Å². The van der Waals surface area contributed by atoms with Crippen molar-refractivity contribution >= 4 is 29.2 Å². The van der Waals surface area contributed by atoms with Crippen molar-refractivity contribution in [3.05, 3.63) is 40.8 Å². The summed E-state index contributed by atoms with van der Waals surface area (Å²) >= 11 is 7.25. The molecule has 0 saturated heterocycles. The summed E-state index contributed by atoms with van der Waals surface area (Å²) in [5.41, 5.74) is 7.70. The number of anilines is 1. The van der Waals surface area contributed by atoms with E-state index in [-0.39, 0.29) is 0 Å². The van der Waals surface area contributed by atoms with Crippen molar-refractivity contribution in [3.8, 4) is 0 Å². The van der Waals surface area contributed by atoms with Crippen LogP contribution in [0.3, 0.4) is 0 Å². The number of nitrogen functional groups attached to an aromatic ring is 1. The predicted octanol–water partition coefficient (Wildman–Crippen LogP) is 2.71. The van der Waals surface area contributed by atoms with Crippen LogP contribution in [0.1, 0.15) is 11.3 Å². The van der Waals surface area contributed by atoms with Crippen LogP contribution in [-0.4, -0.2) is 15.0 Å². The van der Waals surface area contributed by atoms with Crippen LogP contribution < -0.4 is 5.73 Å². The van der Waals surface area contributed by atoms with Gasteiger partial charge in [0.15, 0.2) is 5.16 Å². The molecule has 17 heavy (non-hydrogen) atoms. The van der Waals surface area contributed by atoms with E-state index in [2.05, 4.69) is 15.0 Å². The molecule has 6 heteroatoms. The molecule has 2 rings (SSSR count). The number of thioether (sulfide) groups is 1. The lowest BCUT2D eigenvalue weighted by Gasteiger charge is -2.02. The molecule has 0 unspecified atom stereocenters. The zero-order valence-corrected chi connectivity index (χ0v) is 10.8. The average molecular weight is 267 g/mol. The summed E-state index contributed by atoms with van der Waals surface area (Å²) in [5, 5.41) is 0.925. The lowest BCUT2D eigenvalue weighted by molar-refractivity contribution is 0.973. The first-order chi connectivity index (χ1) is 8.13. The van der Waals surface area contributed by atoms with E-state index in [1.807, 2.05) is 25.3 Å². The molecule has 88 valence electrons. The smallest absolute Gasteiger partial charge is 0.191 e. The van der Waals surface area contributed by atoms with Gasteiger partial charge in [0, 0.05) is 18.0 Å². The van der Waals surface area contributed by atoms with E-state index < -0.39 is 0 Å². The monoisotopic (exact) mass is 266 g/mol. The van der Waals surface area contributed by atoms with Gasteiger partial charge in [-0.2, -0.15) is 0 Å². The second-order valence-electron chi connectivity index (χ2n) is 3.51. The number of nitrogens with two attached hydrogens (primary N) is 1. The summed E-state index contributed by atoms with van der Waals surface area (Å²) in [6.07, 6.45) is 1.84. The molecule has 0 aliphatic rings. The minimum absolute atomic E-state index is 0.358. The second-order valence-corrected chi connectivity index (χ2v) is 4.84. The summed E-state index contributed by atoms with van der Waals surface area (Å²) in [5.74, 6) is 1.07. The highest BCUT2D eigenvalue weighted by molar-refractivity contribution is 7.98. The number of halogens is 1. The largest absolute Gasteiger partial charge is 0.384 e. The Morgan fingerprint density at radius 2 is 2.18 bits per heavy atom. The molecule has 2 N–H and O–H groups in total. The summed E-state index contributed by atoms with van der Waals surface area (Å²) in [4.78, 5) is 12.5. The molecule has 2 heterocycles. The van der Waals surface area contributed by atoms with Gasteiger partial charge in [-0.1, -0.05) is 29.4 Å². The van der Waals surface area contributed by atoms with Gasteiger partial charge in [-0.3, -0.25) is 4.98 Å². The molecule has 4 nitrogen and oxygen atoms in total. The van der Waals surface area contributed by atoms with E-state index in [0.717, 1.165) is 11.3 Å². The number of pyridine rings is 1. The van der Waals surface area contributed by atoms with Crippen LogP contribution in [0, 0.1) is 6.92 Å². The first kappa shape index (κ1) is 12.1. The van der Waals surface area contributed by atoms with Crippen LogP contribution in [0.2, 0.25) is 5.15 Å². The molecular formula is C11H11ClN4S. The first-order valence-corrected chi connectivity index (χ1v) is 6.34. The van der Waals surface area contributed by atoms with Crippen LogP contribution in [-0.2, 0) is 5.75 Å². The van der Waals surface area contributed by atoms with Gasteiger partial charge in [0.25, 0.3) is 0 Å². The third-order valence-electron chi connectivity index (χ3n) is 2.02. The fourth-order valence-corrected chi connectivity index (χ4v) is 2.22. The van der Waals surface area contributed by atoms with Crippen LogP contribution in [0.25, 0.3) is 0 Å². The van der Waals surface area contributed by atoms with Crippen molar-refractivity contribution in [1.29, 1.82) is 0 Å². The first-order valence-electron chi connectivity index (χ1n) is 4.98. The summed E-state index contributed by atoms with van der Waals surface area (Å²) < 4.78 is 0. The van der Waals surface area contributed by atoms with Crippen LogP contribution in [0.4, 0.5) is 5.82 Å². The van der Waals surface area contributed by atoms with Crippen molar-refractivity contribution in [2.75, 3.05) is 5.73 Å². The van der Waals surface area contributed by atoms with Crippen LogP contribution >= 0.6 is 23.4 Å². The molecular weight excluding hydrogens is 256 g/mol. The van der Waals surface area contributed by atoms with Crippen molar-refractivity contribution in [3.63, 3.8) is 0 Å². The average Bonchev–Trinajstić information content (AvgIpc) is 2.27. The Morgan fingerprint density at radius 1 is 1.35 bits per heavy atom. The Bertz CT molecular complexity index is 495. The maximum Gasteiger partial charge on any atom is 0.191 e. The van der Waals surface area contributed by atoms with Gasteiger partial charge in [0.2, 0.25) is 0 Å². The molecule has 0 aliphatic carbocycles. The molecule has 0 fully saturated rings. The number of nitrogens with zero attached hydrogens (tertiary/aromatic N) is 3. The molecule has 0 spiro atoms. The van der Waals surface area contributed by atoms with Gasteiger partial charge in [0.1, 0.15) is 11.0 Å². The van der Waals surface area contributed by atoms with E-state index in [9.17, 15) is 0 Å². The van der Waals surface area contributed by atoms with Crippen LogP contribution in [0.15, 0.2) is 29.6 Å². The Balaban J connectivity index is 2.04. The van der Waals surface area contributed by atoms with E-state index in [0.29, 0.717) is 21.9 Å². The standard InChI is InChI=1S/C11H11ClN4S/c1-7-2-3-8(14-5-7)6-17-11-15-9(12)4-10(13)16-11/h2-5H,6H2,1H3,(H2,13,15,16). The molecule has 0 atom stereocenters. The lowest BCUT2D eigenvalue weighted by Crippen LogP contribution is -1.95. The van der Waals surface area contributed by atoms with Crippen molar-refractivity contribution in [1.82, 2.24) is 15.0 Å². The molecule has 0 aliphatic heterocycles. The van der Waals surface area contributed by atoms with Gasteiger partial charge in [-0.25, -0.2) is 9.97 Å². The predicted molar refractivity (Wildman–Crippen MR) is 70.0 cm³/mol. The van der Waals surface area contributed by atoms with Crippen LogP contribution in [0.5, 0.6) is 0 Å². The second kappa shape index (κ2) is 5.33. The number of rotatable bonds is 3. The Labute approximate surface area is 109 Å². The molecule has 0 saturated carbocycles. The molecule has 0 amide bonds. The number of aryl methyl sites for hydroxylation is 1. The quantitative estimate of drug-likeness (QED) is 0.526. The van der Waals surface area contributed by atoms with Crippen molar-refractivity contribution in [2.45, 2.75) is 17.8 Å². The minimum Gasteiger partial charge on any atom is -0.384 e. The molecule has 2 aromatic heterocycles. The Kier molecular flexibility index (Phi) is 3.81. The van der Waals surface area contributed by atoms with Gasteiger partial charge in [0.05, 0.1) is 5.69 Å². The fraction of sp³-hybridized carbons (Fsp3) is 0.182. The van der Waals surface area contributed by atoms with Crippen molar-refractivity contribution < 1.29 is 0 Å². The highest BCUT2D eigenvalue weighted by Gasteiger charge is 2.03. The highest BCUT2D eigenvalue weighted by Crippen LogP contribution is 2.21. The topological polar surface area (TPSA) is 64.7 Å². The normalized spacial score (nSPS) is 10.5. The highest BCUT2D eigenvalue weighted by atomic mass is 35.5. The van der Waals surface area contributed by atoms with Gasteiger partial charge < -0.3 is 5.73 Å². The Morgan fingerprint density at radius 3 is 2.82 bits per heavy atom. The molecule has 0 aromatic carbocycles. The fourth-order valence-electron chi connectivity index (χ4n) is 1.20. The minimum atomic E-state index is 0.358. The van der Waals surface area contributed by atoms with E-state index in [1.54, 1.807) is 0 Å². The summed E-state index contributed by atoms with van der Waals surface area (Å²) in [6, 6.07) is 5.53. The number of hydrogen-bond acceptors (Lipinski definition) is 5. The van der Waals surface area contributed by atoms with E-state index in [1.165, 1.54) is 17.8 Å². The zero-order chi connectivity index (χ0) is 12.3. The summed E-state index contributed by atoms with van der Waals surface area (Å²) in [6.45, 7) is 2.00. The number of aromatic nitrogens is 3.